The summed E-state index contributed by atoms with van der Waals surface area (Å²) in [5.74, 6) is 0.841. The van der Waals surface area contributed by atoms with Gasteiger partial charge in [0.1, 0.15) is 5.75 Å². The molecule has 4 heteroatoms. The summed E-state index contributed by atoms with van der Waals surface area (Å²) in [5, 5.41) is 0. The molecule has 0 saturated carbocycles. The van der Waals surface area contributed by atoms with E-state index in [2.05, 4.69) is 4.98 Å². The standard InChI is InChI=1S/C16H17N3O/c1-3-20-14-7-5-4-6-12(14)13-10-19-9-8-11(2)15(17)16(19)18-13/h4-10H,3,17H2,1-2H3. The van der Waals surface area contributed by atoms with Crippen LogP contribution in [-0.2, 0) is 0 Å². The van der Waals surface area contributed by atoms with Crippen LogP contribution in [0.2, 0.25) is 0 Å². The number of nitrogen functional groups attached to an aromatic ring is 1. The van der Waals surface area contributed by atoms with E-state index in [1.165, 1.54) is 0 Å². The Morgan fingerprint density at radius 3 is 2.85 bits per heavy atom. The van der Waals surface area contributed by atoms with Gasteiger partial charge in [-0.1, -0.05) is 12.1 Å². The van der Waals surface area contributed by atoms with Gasteiger partial charge in [-0.15, -0.1) is 0 Å². The van der Waals surface area contributed by atoms with Crippen molar-refractivity contribution in [3.05, 3.63) is 48.3 Å². The van der Waals surface area contributed by atoms with Crippen LogP contribution in [-0.4, -0.2) is 16.0 Å². The van der Waals surface area contributed by atoms with Crippen molar-refractivity contribution in [2.24, 2.45) is 0 Å². The molecule has 3 rings (SSSR count). The number of hydrogen-bond acceptors (Lipinski definition) is 3. The number of pyridine rings is 1. The molecule has 0 spiro atoms. The molecule has 1 aromatic carbocycles. The number of aromatic nitrogens is 2. The van der Waals surface area contributed by atoms with Crippen LogP contribution in [0.25, 0.3) is 16.9 Å². The minimum atomic E-state index is 0.631. The molecule has 2 aromatic heterocycles. The molecular formula is C16H17N3O. The van der Waals surface area contributed by atoms with Crippen molar-refractivity contribution in [1.29, 1.82) is 0 Å². The summed E-state index contributed by atoms with van der Waals surface area (Å²) in [6, 6.07) is 9.90. The first-order valence-corrected chi connectivity index (χ1v) is 6.66. The summed E-state index contributed by atoms with van der Waals surface area (Å²) in [6.07, 6.45) is 3.95. The Kier molecular flexibility index (Phi) is 3.06. The lowest BCUT2D eigenvalue weighted by Crippen LogP contribution is -1.95. The highest BCUT2D eigenvalue weighted by Crippen LogP contribution is 2.30. The number of ether oxygens (including phenoxy) is 1. The van der Waals surface area contributed by atoms with Crippen LogP contribution in [0.5, 0.6) is 5.75 Å². The monoisotopic (exact) mass is 267 g/mol. The van der Waals surface area contributed by atoms with Crippen LogP contribution in [0.1, 0.15) is 12.5 Å². The molecule has 0 bridgehead atoms. The lowest BCUT2D eigenvalue weighted by atomic mass is 10.1. The number of fused-ring (bicyclic) bond motifs is 1. The fourth-order valence-corrected chi connectivity index (χ4v) is 2.25. The quantitative estimate of drug-likeness (QED) is 0.792. The zero-order valence-electron chi connectivity index (χ0n) is 11.6. The van der Waals surface area contributed by atoms with E-state index in [0.29, 0.717) is 12.3 Å². The molecule has 0 unspecified atom stereocenters. The summed E-state index contributed by atoms with van der Waals surface area (Å²) in [4.78, 5) is 4.64. The van der Waals surface area contributed by atoms with Gasteiger partial charge in [-0.2, -0.15) is 0 Å². The molecule has 0 saturated heterocycles. The number of imidazole rings is 1. The molecule has 0 aliphatic rings. The number of rotatable bonds is 3. The van der Waals surface area contributed by atoms with E-state index in [0.717, 1.165) is 28.2 Å². The molecule has 0 radical (unpaired) electrons. The number of nitrogens with zero attached hydrogens (tertiary/aromatic N) is 2. The van der Waals surface area contributed by atoms with Gasteiger partial charge in [0.2, 0.25) is 0 Å². The van der Waals surface area contributed by atoms with Gasteiger partial charge in [-0.25, -0.2) is 4.98 Å². The predicted molar refractivity (Wildman–Crippen MR) is 80.9 cm³/mol. The van der Waals surface area contributed by atoms with Crippen LogP contribution < -0.4 is 10.5 Å². The van der Waals surface area contributed by atoms with Gasteiger partial charge < -0.3 is 14.9 Å². The third kappa shape index (κ3) is 1.99. The van der Waals surface area contributed by atoms with E-state index in [9.17, 15) is 0 Å². The fourth-order valence-electron chi connectivity index (χ4n) is 2.25. The number of hydrogen-bond donors (Lipinski definition) is 1. The highest BCUT2D eigenvalue weighted by Gasteiger charge is 2.11. The summed E-state index contributed by atoms with van der Waals surface area (Å²) in [6.45, 7) is 4.59. The maximum Gasteiger partial charge on any atom is 0.160 e. The molecule has 3 aromatic rings. The van der Waals surface area contributed by atoms with Gasteiger partial charge in [0.25, 0.3) is 0 Å². The Bertz CT molecular complexity index is 762. The Balaban J connectivity index is 2.18. The summed E-state index contributed by atoms with van der Waals surface area (Å²) >= 11 is 0. The molecule has 20 heavy (non-hydrogen) atoms. The summed E-state index contributed by atoms with van der Waals surface area (Å²) in [5.41, 5.74) is 10.5. The predicted octanol–water partition coefficient (Wildman–Crippen LogP) is 3.29. The second-order valence-electron chi connectivity index (χ2n) is 4.70. The van der Waals surface area contributed by atoms with Gasteiger partial charge in [0.15, 0.2) is 5.65 Å². The van der Waals surface area contributed by atoms with Crippen LogP contribution in [0.15, 0.2) is 42.7 Å². The molecule has 0 fully saturated rings. The first-order valence-electron chi connectivity index (χ1n) is 6.66. The maximum atomic E-state index is 6.09. The average Bonchev–Trinajstić information content (AvgIpc) is 2.89. The molecule has 4 nitrogen and oxygen atoms in total. The maximum absolute atomic E-state index is 6.09. The first kappa shape index (κ1) is 12.5. The van der Waals surface area contributed by atoms with E-state index in [-0.39, 0.29) is 0 Å². The Morgan fingerprint density at radius 2 is 2.05 bits per heavy atom. The van der Waals surface area contributed by atoms with E-state index >= 15 is 0 Å². The molecule has 0 aliphatic heterocycles. The van der Waals surface area contributed by atoms with Gasteiger partial charge in [-0.05, 0) is 37.6 Å². The molecule has 0 atom stereocenters. The zero-order valence-corrected chi connectivity index (χ0v) is 11.6. The number of benzene rings is 1. The lowest BCUT2D eigenvalue weighted by molar-refractivity contribution is 0.341. The Labute approximate surface area is 117 Å². The molecule has 0 aliphatic carbocycles. The summed E-state index contributed by atoms with van der Waals surface area (Å²) in [7, 11) is 0. The van der Waals surface area contributed by atoms with Crippen molar-refractivity contribution in [1.82, 2.24) is 9.38 Å². The first-order chi connectivity index (χ1) is 9.70. The molecule has 2 heterocycles. The Morgan fingerprint density at radius 1 is 1.25 bits per heavy atom. The largest absolute Gasteiger partial charge is 0.493 e. The van der Waals surface area contributed by atoms with Crippen LogP contribution in [0.4, 0.5) is 5.69 Å². The number of nitrogens with two attached hydrogens (primary N) is 1. The Hall–Kier alpha value is -2.49. The van der Waals surface area contributed by atoms with E-state index in [1.807, 2.05) is 61.0 Å². The third-order valence-electron chi connectivity index (χ3n) is 3.35. The van der Waals surface area contributed by atoms with Crippen LogP contribution >= 0.6 is 0 Å². The SMILES string of the molecule is CCOc1ccccc1-c1cn2ccc(C)c(N)c2n1. The van der Waals surface area contributed by atoms with Crippen LogP contribution in [0, 0.1) is 6.92 Å². The normalized spacial score (nSPS) is 10.9. The van der Waals surface area contributed by atoms with Gasteiger partial charge in [-0.3, -0.25) is 0 Å². The number of aryl methyl sites for hydroxylation is 1. The second kappa shape index (κ2) is 4.89. The van der Waals surface area contributed by atoms with Crippen molar-refractivity contribution in [3.8, 4) is 17.0 Å². The molecule has 2 N–H and O–H groups in total. The molecular weight excluding hydrogens is 250 g/mol. The van der Waals surface area contributed by atoms with E-state index in [4.69, 9.17) is 10.5 Å². The highest BCUT2D eigenvalue weighted by molar-refractivity contribution is 5.75. The van der Waals surface area contributed by atoms with E-state index in [1.54, 1.807) is 0 Å². The third-order valence-corrected chi connectivity index (χ3v) is 3.35. The lowest BCUT2D eigenvalue weighted by Gasteiger charge is -2.07. The van der Waals surface area contributed by atoms with Crippen LogP contribution in [0.3, 0.4) is 0 Å². The van der Waals surface area contributed by atoms with Gasteiger partial charge in [0.05, 0.1) is 18.0 Å². The van der Waals surface area contributed by atoms with Gasteiger partial charge >= 0.3 is 0 Å². The van der Waals surface area contributed by atoms with E-state index < -0.39 is 0 Å². The van der Waals surface area contributed by atoms with Crippen molar-refractivity contribution in [3.63, 3.8) is 0 Å². The average molecular weight is 267 g/mol. The summed E-state index contributed by atoms with van der Waals surface area (Å²) < 4.78 is 7.61. The number of anilines is 1. The van der Waals surface area contributed by atoms with Crippen molar-refractivity contribution in [2.45, 2.75) is 13.8 Å². The topological polar surface area (TPSA) is 52.5 Å². The minimum absolute atomic E-state index is 0.631. The van der Waals surface area contributed by atoms with Crippen molar-refractivity contribution in [2.75, 3.05) is 12.3 Å². The minimum Gasteiger partial charge on any atom is -0.493 e. The second-order valence-corrected chi connectivity index (χ2v) is 4.70. The smallest absolute Gasteiger partial charge is 0.160 e. The molecule has 0 amide bonds. The molecule has 102 valence electrons. The van der Waals surface area contributed by atoms with Crippen molar-refractivity contribution < 1.29 is 4.74 Å². The van der Waals surface area contributed by atoms with Crippen molar-refractivity contribution >= 4 is 11.3 Å². The fraction of sp³-hybridized carbons (Fsp3) is 0.188. The van der Waals surface area contributed by atoms with Gasteiger partial charge in [0, 0.05) is 18.0 Å². The number of para-hydroxylation sites is 1. The highest BCUT2D eigenvalue weighted by atomic mass is 16.5. The zero-order chi connectivity index (χ0) is 14.1.